The highest BCUT2D eigenvalue weighted by atomic mass is 35.5. The van der Waals surface area contributed by atoms with E-state index in [-0.39, 0.29) is 18.4 Å². The molecule has 0 N–H and O–H groups in total. The van der Waals surface area contributed by atoms with Crippen molar-refractivity contribution >= 4 is 18.4 Å². The van der Waals surface area contributed by atoms with E-state index in [1.54, 1.807) is 0 Å². The molecule has 78 valence electrons. The number of hydrogen-bond acceptors (Lipinski definition) is 2. The van der Waals surface area contributed by atoms with Gasteiger partial charge < -0.3 is 4.74 Å². The van der Waals surface area contributed by atoms with Crippen LogP contribution in [0.2, 0.25) is 0 Å². The van der Waals surface area contributed by atoms with E-state index in [1.807, 2.05) is 37.3 Å². The number of rotatable bonds is 4. The van der Waals surface area contributed by atoms with E-state index in [9.17, 15) is 4.79 Å². The van der Waals surface area contributed by atoms with Crippen LogP contribution >= 0.6 is 12.4 Å². The zero-order valence-electron chi connectivity index (χ0n) is 8.23. The van der Waals surface area contributed by atoms with Crippen molar-refractivity contribution in [2.24, 2.45) is 0 Å². The van der Waals surface area contributed by atoms with Crippen molar-refractivity contribution in [2.45, 2.75) is 19.8 Å². The van der Waals surface area contributed by atoms with Crippen LogP contribution in [-0.2, 0) is 16.0 Å². The van der Waals surface area contributed by atoms with Gasteiger partial charge in [0.15, 0.2) is 0 Å². The second-order valence-electron chi connectivity index (χ2n) is 2.79. The van der Waals surface area contributed by atoms with Crippen LogP contribution in [0.15, 0.2) is 30.3 Å². The van der Waals surface area contributed by atoms with Gasteiger partial charge in [-0.3, -0.25) is 4.79 Å². The molecule has 0 spiro atoms. The standard InChI is InChI=1S/C11H14O2.ClH/c1-2-13-11(12)9-8-10-6-4-3-5-7-10;/h3-7H,2,8-9H2,1H3;1H. The molecule has 1 rings (SSSR count). The molecular formula is C11H15ClO2. The van der Waals surface area contributed by atoms with Crippen LogP contribution in [-0.4, -0.2) is 12.6 Å². The molecule has 0 saturated carbocycles. The molecule has 0 atom stereocenters. The Hall–Kier alpha value is -1.02. The minimum atomic E-state index is -0.119. The molecule has 0 fully saturated rings. The van der Waals surface area contributed by atoms with Gasteiger partial charge in [0.1, 0.15) is 0 Å². The number of hydrogen-bond donors (Lipinski definition) is 0. The lowest BCUT2D eigenvalue weighted by Gasteiger charge is -2.01. The minimum Gasteiger partial charge on any atom is -0.466 e. The summed E-state index contributed by atoms with van der Waals surface area (Å²) in [6.45, 7) is 2.29. The normalized spacial score (nSPS) is 8.93. The Morgan fingerprint density at radius 1 is 1.29 bits per heavy atom. The van der Waals surface area contributed by atoms with Crippen molar-refractivity contribution in [3.8, 4) is 0 Å². The topological polar surface area (TPSA) is 26.3 Å². The predicted octanol–water partition coefficient (Wildman–Crippen LogP) is 2.60. The second kappa shape index (κ2) is 7.39. The molecule has 0 bridgehead atoms. The van der Waals surface area contributed by atoms with Crippen molar-refractivity contribution in [1.29, 1.82) is 0 Å². The average molecular weight is 215 g/mol. The first-order valence-electron chi connectivity index (χ1n) is 4.52. The number of benzene rings is 1. The van der Waals surface area contributed by atoms with Gasteiger partial charge in [-0.05, 0) is 18.9 Å². The summed E-state index contributed by atoms with van der Waals surface area (Å²) in [6.07, 6.45) is 1.23. The number of carbonyl (C=O) groups is 1. The Kier molecular flexibility index (Phi) is 6.85. The molecule has 0 aliphatic carbocycles. The molecule has 0 amide bonds. The molecule has 1 aromatic rings. The fourth-order valence-electron chi connectivity index (χ4n) is 1.12. The molecule has 0 aliphatic heterocycles. The molecule has 3 heteroatoms. The van der Waals surface area contributed by atoms with E-state index in [1.165, 1.54) is 5.56 Å². The van der Waals surface area contributed by atoms with Crippen molar-refractivity contribution in [2.75, 3.05) is 6.61 Å². The maximum Gasteiger partial charge on any atom is 0.306 e. The maximum absolute atomic E-state index is 11.0. The van der Waals surface area contributed by atoms with Crippen molar-refractivity contribution in [1.82, 2.24) is 0 Å². The summed E-state index contributed by atoms with van der Waals surface area (Å²) in [5, 5.41) is 0. The fraction of sp³-hybridized carbons (Fsp3) is 0.364. The first kappa shape index (κ1) is 13.0. The number of esters is 1. The molecule has 0 radical (unpaired) electrons. The molecule has 14 heavy (non-hydrogen) atoms. The smallest absolute Gasteiger partial charge is 0.306 e. The highest BCUT2D eigenvalue weighted by Gasteiger charge is 2.01. The van der Waals surface area contributed by atoms with Gasteiger partial charge in [0.2, 0.25) is 0 Å². The second-order valence-corrected chi connectivity index (χ2v) is 2.79. The molecule has 1 aromatic carbocycles. The van der Waals surface area contributed by atoms with E-state index in [2.05, 4.69) is 0 Å². The van der Waals surface area contributed by atoms with Gasteiger partial charge in [0, 0.05) is 6.42 Å². The van der Waals surface area contributed by atoms with Gasteiger partial charge >= 0.3 is 5.97 Å². The molecule has 2 nitrogen and oxygen atoms in total. The quantitative estimate of drug-likeness (QED) is 0.721. The molecular weight excluding hydrogens is 200 g/mol. The van der Waals surface area contributed by atoms with E-state index in [0.29, 0.717) is 13.0 Å². The van der Waals surface area contributed by atoms with Crippen molar-refractivity contribution in [3.05, 3.63) is 35.9 Å². The van der Waals surface area contributed by atoms with E-state index in [0.717, 1.165) is 6.42 Å². The van der Waals surface area contributed by atoms with Crippen LogP contribution in [0.25, 0.3) is 0 Å². The van der Waals surface area contributed by atoms with E-state index < -0.39 is 0 Å². The predicted molar refractivity (Wildman–Crippen MR) is 58.6 cm³/mol. The summed E-state index contributed by atoms with van der Waals surface area (Å²) in [5.74, 6) is -0.119. The third-order valence-electron chi connectivity index (χ3n) is 1.77. The van der Waals surface area contributed by atoms with Gasteiger partial charge in [-0.1, -0.05) is 30.3 Å². The zero-order valence-corrected chi connectivity index (χ0v) is 9.05. The summed E-state index contributed by atoms with van der Waals surface area (Å²) in [5.41, 5.74) is 1.18. The SMILES string of the molecule is CCOC(=O)CCc1ccccc1.Cl. The lowest BCUT2D eigenvalue weighted by molar-refractivity contribution is -0.143. The summed E-state index contributed by atoms with van der Waals surface area (Å²) >= 11 is 0. The van der Waals surface area contributed by atoms with E-state index in [4.69, 9.17) is 4.74 Å². The average Bonchev–Trinajstić information content (AvgIpc) is 2.17. The van der Waals surface area contributed by atoms with Gasteiger partial charge in [-0.25, -0.2) is 0 Å². The van der Waals surface area contributed by atoms with Crippen molar-refractivity contribution in [3.63, 3.8) is 0 Å². The number of carbonyl (C=O) groups excluding carboxylic acids is 1. The maximum atomic E-state index is 11.0. The number of aryl methyl sites for hydroxylation is 1. The molecule has 0 aromatic heterocycles. The Balaban J connectivity index is 0.00000169. The first-order valence-corrected chi connectivity index (χ1v) is 4.52. The van der Waals surface area contributed by atoms with Crippen LogP contribution in [0, 0.1) is 0 Å². The Labute approximate surface area is 90.7 Å². The third-order valence-corrected chi connectivity index (χ3v) is 1.77. The van der Waals surface area contributed by atoms with Gasteiger partial charge in [-0.15, -0.1) is 12.4 Å². The number of halogens is 1. The lowest BCUT2D eigenvalue weighted by atomic mass is 10.1. The summed E-state index contributed by atoms with van der Waals surface area (Å²) in [7, 11) is 0. The first-order chi connectivity index (χ1) is 6.33. The van der Waals surface area contributed by atoms with Gasteiger partial charge in [0.25, 0.3) is 0 Å². The summed E-state index contributed by atoms with van der Waals surface area (Å²) < 4.78 is 4.82. The zero-order chi connectivity index (χ0) is 9.52. The Morgan fingerprint density at radius 3 is 2.50 bits per heavy atom. The number of ether oxygens (including phenoxy) is 1. The molecule has 0 heterocycles. The van der Waals surface area contributed by atoms with Crippen LogP contribution in [0.4, 0.5) is 0 Å². The highest BCUT2D eigenvalue weighted by molar-refractivity contribution is 5.85. The summed E-state index contributed by atoms with van der Waals surface area (Å²) in [6, 6.07) is 9.94. The van der Waals surface area contributed by atoms with Crippen molar-refractivity contribution < 1.29 is 9.53 Å². The van der Waals surface area contributed by atoms with Crippen LogP contribution in [0.1, 0.15) is 18.9 Å². The highest BCUT2D eigenvalue weighted by Crippen LogP contribution is 2.02. The van der Waals surface area contributed by atoms with Gasteiger partial charge in [0.05, 0.1) is 6.61 Å². The summed E-state index contributed by atoms with van der Waals surface area (Å²) in [4.78, 5) is 11.0. The van der Waals surface area contributed by atoms with Crippen LogP contribution < -0.4 is 0 Å². The van der Waals surface area contributed by atoms with Crippen LogP contribution in [0.3, 0.4) is 0 Å². The largest absolute Gasteiger partial charge is 0.466 e. The molecule has 0 unspecified atom stereocenters. The third kappa shape index (κ3) is 4.87. The van der Waals surface area contributed by atoms with Crippen LogP contribution in [0.5, 0.6) is 0 Å². The van der Waals surface area contributed by atoms with E-state index >= 15 is 0 Å². The van der Waals surface area contributed by atoms with Gasteiger partial charge in [-0.2, -0.15) is 0 Å². The molecule has 0 aliphatic rings. The minimum absolute atomic E-state index is 0. The Bertz CT molecular complexity index is 259. The lowest BCUT2D eigenvalue weighted by Crippen LogP contribution is -2.04. The molecule has 0 saturated heterocycles. The Morgan fingerprint density at radius 2 is 1.93 bits per heavy atom. The monoisotopic (exact) mass is 214 g/mol. The fourth-order valence-corrected chi connectivity index (χ4v) is 1.12.